The largest absolute Gasteiger partial charge is 0.489 e. The highest BCUT2D eigenvalue weighted by Gasteiger charge is 2.29. The van der Waals surface area contributed by atoms with Crippen molar-refractivity contribution in [3.63, 3.8) is 0 Å². The smallest absolute Gasteiger partial charge is 0.220 e. The van der Waals surface area contributed by atoms with E-state index < -0.39 is 10.0 Å². The number of aryl methyl sites for hydroxylation is 1. The van der Waals surface area contributed by atoms with E-state index in [0.717, 1.165) is 18.3 Å². The van der Waals surface area contributed by atoms with Gasteiger partial charge in [-0.05, 0) is 32.9 Å². The Hall–Kier alpha value is -2.59. The first-order chi connectivity index (χ1) is 14.9. The van der Waals surface area contributed by atoms with Gasteiger partial charge >= 0.3 is 0 Å². The number of aliphatic imine (C=N–C) groups is 1. The summed E-state index contributed by atoms with van der Waals surface area (Å²) in [5.41, 5.74) is 1.61. The third-order valence-corrected chi connectivity index (χ3v) is 6.76. The fourth-order valence-electron chi connectivity index (χ4n) is 3.30. The number of piperazine rings is 1. The van der Waals surface area contributed by atoms with E-state index in [1.165, 1.54) is 16.1 Å². The second-order valence-corrected chi connectivity index (χ2v) is 9.54. The van der Waals surface area contributed by atoms with Crippen LogP contribution in [0.15, 0.2) is 46.1 Å². The normalized spacial score (nSPS) is 16.9. The van der Waals surface area contributed by atoms with Crippen molar-refractivity contribution in [2.24, 2.45) is 4.99 Å². The maximum absolute atomic E-state index is 12.6. The van der Waals surface area contributed by atoms with Crippen molar-refractivity contribution < 1.29 is 17.7 Å². The molecule has 1 fully saturated rings. The van der Waals surface area contributed by atoms with E-state index in [1.807, 2.05) is 45.0 Å². The lowest BCUT2D eigenvalue weighted by Crippen LogP contribution is -2.54. The molecule has 1 aliphatic heterocycles. The van der Waals surface area contributed by atoms with Crippen LogP contribution in [0.5, 0.6) is 5.75 Å². The van der Waals surface area contributed by atoms with Crippen LogP contribution in [0.1, 0.15) is 25.1 Å². The number of nitrogens with zero attached hydrogens (tertiary/aromatic N) is 4. The molecule has 1 unspecified atom stereocenters. The van der Waals surface area contributed by atoms with Crippen molar-refractivity contribution in [2.75, 3.05) is 39.3 Å². The minimum absolute atomic E-state index is 0.0829. The first-order valence-corrected chi connectivity index (χ1v) is 12.1. The minimum Gasteiger partial charge on any atom is -0.489 e. The zero-order chi connectivity index (χ0) is 22.3. The van der Waals surface area contributed by atoms with Crippen LogP contribution in [0.4, 0.5) is 0 Å². The van der Waals surface area contributed by atoms with Gasteiger partial charge in [-0.15, -0.1) is 0 Å². The van der Waals surface area contributed by atoms with E-state index in [4.69, 9.17) is 14.3 Å². The summed E-state index contributed by atoms with van der Waals surface area (Å²) < 4.78 is 37.4. The Morgan fingerprint density at radius 1 is 1.23 bits per heavy atom. The molecule has 170 valence electrons. The van der Waals surface area contributed by atoms with Crippen LogP contribution in [-0.2, 0) is 15.8 Å². The first-order valence-electron chi connectivity index (χ1n) is 10.5. The molecule has 2 heterocycles. The second-order valence-electron chi connectivity index (χ2n) is 7.57. The van der Waals surface area contributed by atoms with Crippen LogP contribution < -0.4 is 10.1 Å². The van der Waals surface area contributed by atoms with Gasteiger partial charge in [0.15, 0.2) is 5.96 Å². The number of hydrogen-bond acceptors (Lipinski definition) is 6. The second kappa shape index (κ2) is 10.6. The predicted octanol–water partition coefficient (Wildman–Crippen LogP) is 1.86. The molecule has 0 spiro atoms. The monoisotopic (exact) mass is 449 g/mol. The zero-order valence-corrected chi connectivity index (χ0v) is 19.1. The third kappa shape index (κ3) is 6.70. The summed E-state index contributed by atoms with van der Waals surface area (Å²) in [6, 6.07) is 9.53. The lowest BCUT2D eigenvalue weighted by molar-refractivity contribution is 0.227. The zero-order valence-electron chi connectivity index (χ0n) is 18.3. The molecule has 0 radical (unpaired) electrons. The fraction of sp³-hybridized carbons (Fsp3) is 0.524. The Kier molecular flexibility index (Phi) is 7.91. The van der Waals surface area contributed by atoms with Crippen LogP contribution in [0.2, 0.25) is 0 Å². The lowest BCUT2D eigenvalue weighted by atomic mass is 10.2. The number of guanidine groups is 1. The molecule has 0 aliphatic carbocycles. The van der Waals surface area contributed by atoms with E-state index in [0.29, 0.717) is 38.4 Å². The molecule has 0 bridgehead atoms. The molecule has 0 saturated carbocycles. The predicted molar refractivity (Wildman–Crippen MR) is 120 cm³/mol. The average Bonchev–Trinajstić information content (AvgIpc) is 3.25. The third-order valence-electron chi connectivity index (χ3n) is 4.94. The average molecular weight is 450 g/mol. The fourth-order valence-corrected chi connectivity index (χ4v) is 4.72. The van der Waals surface area contributed by atoms with Crippen LogP contribution in [0.3, 0.4) is 0 Å². The molecular weight excluding hydrogens is 418 g/mol. The van der Waals surface area contributed by atoms with Crippen molar-refractivity contribution in [3.05, 3.63) is 47.9 Å². The summed E-state index contributed by atoms with van der Waals surface area (Å²) >= 11 is 0. The summed E-state index contributed by atoms with van der Waals surface area (Å²) in [4.78, 5) is 6.80. The van der Waals surface area contributed by atoms with Crippen LogP contribution in [0.25, 0.3) is 0 Å². The van der Waals surface area contributed by atoms with E-state index in [2.05, 4.69) is 15.4 Å². The number of hydrogen-bond donors (Lipinski definition) is 1. The van der Waals surface area contributed by atoms with Crippen LogP contribution in [0, 0.1) is 6.92 Å². The molecule has 31 heavy (non-hydrogen) atoms. The SMILES string of the molecule is CCNC(=NCC(C)Oc1ccc(C)cc1)N1CCN(S(=O)(=O)Cc2ccon2)CC1. The number of aromatic nitrogens is 1. The maximum Gasteiger partial charge on any atom is 0.220 e. The molecule has 1 N–H and O–H groups in total. The van der Waals surface area contributed by atoms with Crippen LogP contribution >= 0.6 is 0 Å². The van der Waals surface area contributed by atoms with Gasteiger partial charge < -0.3 is 19.5 Å². The topological polar surface area (TPSA) is 100 Å². The lowest BCUT2D eigenvalue weighted by Gasteiger charge is -2.35. The van der Waals surface area contributed by atoms with Gasteiger partial charge in [-0.2, -0.15) is 4.31 Å². The number of ether oxygens (including phenoxy) is 1. The van der Waals surface area contributed by atoms with Gasteiger partial charge in [0.05, 0.1) is 12.2 Å². The first kappa shape index (κ1) is 23.1. The van der Waals surface area contributed by atoms with Gasteiger partial charge in [0.25, 0.3) is 0 Å². The number of nitrogens with one attached hydrogen (secondary N) is 1. The standard InChI is InChI=1S/C21H31N5O4S/c1-4-22-21(23-15-18(3)30-20-7-5-17(2)6-8-20)25-10-12-26(13-11-25)31(27,28)16-19-9-14-29-24-19/h5-9,14,18H,4,10-13,15-16H2,1-3H3,(H,22,23). The quantitative estimate of drug-likeness (QED) is 0.485. The molecule has 1 aromatic carbocycles. The van der Waals surface area contributed by atoms with Crippen molar-refractivity contribution in [3.8, 4) is 5.75 Å². The van der Waals surface area contributed by atoms with Crippen molar-refractivity contribution in [2.45, 2.75) is 32.6 Å². The van der Waals surface area contributed by atoms with Crippen LogP contribution in [-0.4, -0.2) is 74.1 Å². The molecule has 2 aromatic rings. The van der Waals surface area contributed by atoms with Gasteiger partial charge in [-0.25, -0.2) is 13.4 Å². The molecule has 3 rings (SSSR count). The number of sulfonamides is 1. The van der Waals surface area contributed by atoms with E-state index in [1.54, 1.807) is 6.07 Å². The van der Waals surface area contributed by atoms with E-state index >= 15 is 0 Å². The van der Waals surface area contributed by atoms with E-state index in [9.17, 15) is 8.42 Å². The Balaban J connectivity index is 1.54. The van der Waals surface area contributed by atoms with Gasteiger partial charge in [-0.3, -0.25) is 0 Å². The van der Waals surface area contributed by atoms with Gasteiger partial charge in [-0.1, -0.05) is 22.9 Å². The van der Waals surface area contributed by atoms with Crippen molar-refractivity contribution >= 4 is 16.0 Å². The summed E-state index contributed by atoms with van der Waals surface area (Å²) in [5, 5.41) is 7.01. The summed E-state index contributed by atoms with van der Waals surface area (Å²) in [6.45, 7) is 9.22. The minimum atomic E-state index is -3.43. The summed E-state index contributed by atoms with van der Waals surface area (Å²) in [7, 11) is -3.43. The number of benzene rings is 1. The Labute approximate surface area is 184 Å². The summed E-state index contributed by atoms with van der Waals surface area (Å²) in [5.74, 6) is 1.45. The van der Waals surface area contributed by atoms with Crippen molar-refractivity contribution in [1.82, 2.24) is 19.7 Å². The molecule has 9 nitrogen and oxygen atoms in total. The highest BCUT2D eigenvalue weighted by molar-refractivity contribution is 7.88. The highest BCUT2D eigenvalue weighted by atomic mass is 32.2. The Bertz CT molecular complexity index is 937. The molecule has 1 aromatic heterocycles. The maximum atomic E-state index is 12.6. The van der Waals surface area contributed by atoms with E-state index in [-0.39, 0.29) is 11.9 Å². The molecular formula is C21H31N5O4S. The Morgan fingerprint density at radius 3 is 2.55 bits per heavy atom. The van der Waals surface area contributed by atoms with Crippen molar-refractivity contribution in [1.29, 1.82) is 0 Å². The Morgan fingerprint density at radius 2 is 1.94 bits per heavy atom. The van der Waals surface area contributed by atoms with Gasteiger partial charge in [0.2, 0.25) is 10.0 Å². The molecule has 1 aliphatic rings. The molecule has 10 heteroatoms. The van der Waals surface area contributed by atoms with Gasteiger partial charge in [0, 0.05) is 38.8 Å². The molecule has 1 atom stereocenters. The number of rotatable bonds is 8. The highest BCUT2D eigenvalue weighted by Crippen LogP contribution is 2.15. The van der Waals surface area contributed by atoms with Gasteiger partial charge in [0.1, 0.15) is 23.9 Å². The molecule has 0 amide bonds. The molecule has 1 saturated heterocycles. The summed E-state index contributed by atoms with van der Waals surface area (Å²) in [6.07, 6.45) is 1.30.